The molecular weight excluding hydrogens is 342 g/mol. The minimum absolute atomic E-state index is 0.246. The highest BCUT2D eigenvalue weighted by Gasteiger charge is 2.24. The molecule has 25 heavy (non-hydrogen) atoms. The van der Waals surface area contributed by atoms with Crippen LogP contribution in [-0.2, 0) is 9.47 Å². The van der Waals surface area contributed by atoms with Crippen molar-refractivity contribution in [2.45, 2.75) is 71.5 Å². The van der Waals surface area contributed by atoms with Gasteiger partial charge in [-0.05, 0) is 33.3 Å². The smallest absolute Gasteiger partial charge is 0.412 e. The van der Waals surface area contributed by atoms with Crippen LogP contribution in [0.2, 0.25) is 0 Å². The maximum Gasteiger partial charge on any atom is 0.412 e. The third-order valence-electron chi connectivity index (χ3n) is 3.42. The van der Waals surface area contributed by atoms with Crippen molar-refractivity contribution in [2.24, 2.45) is 0 Å². The zero-order valence-corrected chi connectivity index (χ0v) is 16.5. The molecule has 0 aromatic carbocycles. The molecule has 0 aliphatic rings. The molecular formula is C18H29NO5S. The third kappa shape index (κ3) is 7.44. The average molecular weight is 371 g/mol. The van der Waals surface area contributed by atoms with Gasteiger partial charge in [-0.2, -0.15) is 0 Å². The van der Waals surface area contributed by atoms with Gasteiger partial charge in [0.2, 0.25) is 0 Å². The quantitative estimate of drug-likeness (QED) is 0.502. The van der Waals surface area contributed by atoms with Crippen LogP contribution in [0.15, 0.2) is 6.07 Å². The van der Waals surface area contributed by atoms with Crippen LogP contribution in [0.3, 0.4) is 0 Å². The average Bonchev–Trinajstić information content (AvgIpc) is 2.92. The summed E-state index contributed by atoms with van der Waals surface area (Å²) in [6, 6.07) is 1.62. The first-order chi connectivity index (χ1) is 11.7. The lowest BCUT2D eigenvalue weighted by atomic mass is 10.1. The van der Waals surface area contributed by atoms with Crippen molar-refractivity contribution in [3.05, 3.63) is 15.8 Å². The number of hydrogen-bond donors (Lipinski definition) is 2. The van der Waals surface area contributed by atoms with Gasteiger partial charge in [0.25, 0.3) is 0 Å². The Balaban J connectivity index is 2.87. The fourth-order valence-corrected chi connectivity index (χ4v) is 3.28. The van der Waals surface area contributed by atoms with E-state index in [0.717, 1.165) is 37.0 Å². The Morgan fingerprint density at radius 1 is 1.28 bits per heavy atom. The number of nitrogens with one attached hydrogen (secondary N) is 1. The van der Waals surface area contributed by atoms with E-state index in [9.17, 15) is 14.7 Å². The highest BCUT2D eigenvalue weighted by molar-refractivity contribution is 7.14. The molecule has 0 radical (unpaired) electrons. The monoisotopic (exact) mass is 371 g/mol. The number of thiophene rings is 1. The van der Waals surface area contributed by atoms with Crippen LogP contribution in [0.4, 0.5) is 10.5 Å². The summed E-state index contributed by atoms with van der Waals surface area (Å²) in [6.45, 7) is 7.40. The van der Waals surface area contributed by atoms with Gasteiger partial charge < -0.3 is 14.6 Å². The van der Waals surface area contributed by atoms with Crippen molar-refractivity contribution >= 4 is 29.1 Å². The second-order valence-corrected chi connectivity index (χ2v) is 7.96. The number of aliphatic hydroxyl groups excluding tert-OH is 1. The molecule has 6 nitrogen and oxygen atoms in total. The van der Waals surface area contributed by atoms with Gasteiger partial charge in [-0.3, -0.25) is 5.32 Å². The Morgan fingerprint density at radius 3 is 2.52 bits per heavy atom. The predicted molar refractivity (Wildman–Crippen MR) is 99.2 cm³/mol. The first kappa shape index (κ1) is 21.4. The summed E-state index contributed by atoms with van der Waals surface area (Å²) in [7, 11) is 1.28. The number of methoxy groups -OCH3 is 1. The molecule has 7 heteroatoms. The molecule has 0 fully saturated rings. The lowest BCUT2D eigenvalue weighted by Crippen LogP contribution is -2.27. The van der Waals surface area contributed by atoms with Crippen LogP contribution in [0.25, 0.3) is 0 Å². The zero-order chi connectivity index (χ0) is 19.0. The van der Waals surface area contributed by atoms with Gasteiger partial charge in [-0.1, -0.05) is 32.6 Å². The van der Waals surface area contributed by atoms with Gasteiger partial charge in [0.1, 0.15) is 10.5 Å². The minimum atomic E-state index is -0.667. The Labute approximate surface area is 153 Å². The second-order valence-electron chi connectivity index (χ2n) is 6.88. The van der Waals surface area contributed by atoms with E-state index in [4.69, 9.17) is 9.47 Å². The first-order valence-corrected chi connectivity index (χ1v) is 9.39. The third-order valence-corrected chi connectivity index (χ3v) is 4.63. The van der Waals surface area contributed by atoms with E-state index in [1.54, 1.807) is 26.8 Å². The second kappa shape index (κ2) is 9.77. The molecule has 1 heterocycles. The summed E-state index contributed by atoms with van der Waals surface area (Å²) >= 11 is 1.13. The summed E-state index contributed by atoms with van der Waals surface area (Å²) in [5.74, 6) is -0.555. The van der Waals surface area contributed by atoms with Crippen molar-refractivity contribution in [1.82, 2.24) is 0 Å². The molecule has 1 atom stereocenters. The van der Waals surface area contributed by atoms with Crippen molar-refractivity contribution < 1.29 is 24.2 Å². The lowest BCUT2D eigenvalue weighted by molar-refractivity contribution is 0.0607. The lowest BCUT2D eigenvalue weighted by Gasteiger charge is -2.19. The minimum Gasteiger partial charge on any atom is -0.465 e. The van der Waals surface area contributed by atoms with Gasteiger partial charge in [0.15, 0.2) is 0 Å². The molecule has 2 N–H and O–H groups in total. The van der Waals surface area contributed by atoms with Crippen LogP contribution < -0.4 is 5.32 Å². The molecule has 0 spiro atoms. The molecule has 0 saturated heterocycles. The zero-order valence-electron chi connectivity index (χ0n) is 15.7. The van der Waals surface area contributed by atoms with Crippen molar-refractivity contribution in [2.75, 3.05) is 12.4 Å². The molecule has 142 valence electrons. The van der Waals surface area contributed by atoms with E-state index >= 15 is 0 Å². The van der Waals surface area contributed by atoms with Crippen LogP contribution in [-0.4, -0.2) is 29.9 Å². The van der Waals surface area contributed by atoms with E-state index < -0.39 is 23.8 Å². The number of esters is 1. The Morgan fingerprint density at radius 2 is 1.96 bits per heavy atom. The number of anilines is 1. The van der Waals surface area contributed by atoms with E-state index in [1.165, 1.54) is 7.11 Å². The Bertz CT molecular complexity index is 577. The summed E-state index contributed by atoms with van der Waals surface area (Å²) in [6.07, 6.45) is 3.54. The van der Waals surface area contributed by atoms with Gasteiger partial charge >= 0.3 is 12.1 Å². The molecule has 1 aromatic rings. The molecule has 1 unspecified atom stereocenters. The number of rotatable bonds is 8. The molecule has 0 aliphatic heterocycles. The van der Waals surface area contributed by atoms with Gasteiger partial charge in [-0.15, -0.1) is 11.3 Å². The largest absolute Gasteiger partial charge is 0.465 e. The number of amides is 1. The topological polar surface area (TPSA) is 84.9 Å². The first-order valence-electron chi connectivity index (χ1n) is 8.58. The number of aliphatic hydroxyl groups is 1. The number of unbranched alkanes of at least 4 members (excludes halogenated alkanes) is 3. The van der Waals surface area contributed by atoms with Crippen molar-refractivity contribution in [3.8, 4) is 0 Å². The maximum absolute atomic E-state index is 12.0. The summed E-state index contributed by atoms with van der Waals surface area (Å²) in [5, 5.41) is 12.9. The van der Waals surface area contributed by atoms with Crippen LogP contribution in [0, 0.1) is 0 Å². The standard InChI is InChI=1S/C18H29NO5S/c1-6-7-8-9-10-13(20)14-11-12(15(25-14)16(21)23-5)19-17(22)24-18(2,3)4/h11,13,20H,6-10H2,1-5H3,(H,19,22). The number of carbonyl (C=O) groups excluding carboxylic acids is 2. The molecule has 0 aliphatic carbocycles. The number of hydrogen-bond acceptors (Lipinski definition) is 6. The maximum atomic E-state index is 12.0. The van der Waals surface area contributed by atoms with E-state index in [1.807, 2.05) is 0 Å². The summed E-state index contributed by atoms with van der Waals surface area (Å²) < 4.78 is 9.97. The molecule has 1 amide bonds. The highest BCUT2D eigenvalue weighted by Crippen LogP contribution is 2.34. The van der Waals surface area contributed by atoms with Gasteiger partial charge in [0, 0.05) is 4.88 Å². The Kier molecular flexibility index (Phi) is 8.38. The fourth-order valence-electron chi connectivity index (χ4n) is 2.23. The normalized spacial score (nSPS) is 12.6. The molecule has 1 rings (SSSR count). The van der Waals surface area contributed by atoms with E-state index in [0.29, 0.717) is 17.0 Å². The van der Waals surface area contributed by atoms with Crippen LogP contribution in [0.5, 0.6) is 0 Å². The van der Waals surface area contributed by atoms with Crippen molar-refractivity contribution in [3.63, 3.8) is 0 Å². The van der Waals surface area contributed by atoms with Crippen LogP contribution in [0.1, 0.15) is 80.5 Å². The Hall–Kier alpha value is -1.60. The van der Waals surface area contributed by atoms with Crippen LogP contribution >= 0.6 is 11.3 Å². The van der Waals surface area contributed by atoms with Crippen molar-refractivity contribution in [1.29, 1.82) is 0 Å². The van der Waals surface area contributed by atoms with Gasteiger partial charge in [-0.25, -0.2) is 9.59 Å². The predicted octanol–water partition coefficient (Wildman–Crippen LogP) is 4.89. The molecule has 1 aromatic heterocycles. The SMILES string of the molecule is CCCCCCC(O)c1cc(NC(=O)OC(C)(C)C)c(C(=O)OC)s1. The van der Waals surface area contributed by atoms with E-state index in [2.05, 4.69) is 12.2 Å². The highest BCUT2D eigenvalue weighted by atomic mass is 32.1. The molecule has 0 bridgehead atoms. The molecule has 0 saturated carbocycles. The summed E-state index contributed by atoms with van der Waals surface area (Å²) in [5.41, 5.74) is -0.346. The van der Waals surface area contributed by atoms with Gasteiger partial charge in [0.05, 0.1) is 18.9 Å². The number of carbonyl (C=O) groups is 2. The number of ether oxygens (including phenoxy) is 2. The fraction of sp³-hybridized carbons (Fsp3) is 0.667. The summed E-state index contributed by atoms with van der Waals surface area (Å²) in [4.78, 5) is 24.8. The van der Waals surface area contributed by atoms with E-state index in [-0.39, 0.29) is 4.88 Å².